The van der Waals surface area contributed by atoms with Gasteiger partial charge in [0.2, 0.25) is 5.95 Å². The maximum Gasteiger partial charge on any atom is 0.255 e. The van der Waals surface area contributed by atoms with E-state index in [1.54, 1.807) is 10.7 Å². The van der Waals surface area contributed by atoms with Gasteiger partial charge in [-0.15, -0.1) is 0 Å². The molecule has 0 saturated carbocycles. The minimum Gasteiger partial charge on any atom is -0.328 e. The van der Waals surface area contributed by atoms with E-state index in [1.807, 2.05) is 56.3 Å². The van der Waals surface area contributed by atoms with Crippen molar-refractivity contribution in [2.75, 3.05) is 10.6 Å². The first kappa shape index (κ1) is 17.3. The lowest BCUT2D eigenvalue weighted by molar-refractivity contribution is -0.113. The van der Waals surface area contributed by atoms with Crippen LogP contribution in [0.3, 0.4) is 0 Å². The maximum absolute atomic E-state index is 13.2. The van der Waals surface area contributed by atoms with E-state index in [-0.39, 0.29) is 5.91 Å². The molecule has 3 aromatic rings. The molecule has 4 rings (SSSR count). The number of rotatable bonds is 3. The van der Waals surface area contributed by atoms with Gasteiger partial charge in [-0.25, -0.2) is 4.68 Å². The topological polar surface area (TPSA) is 71.8 Å². The molecule has 0 spiro atoms. The Hall–Kier alpha value is -3.12. The van der Waals surface area contributed by atoms with Gasteiger partial charge < -0.3 is 10.6 Å². The predicted octanol–water partition coefficient (Wildman–Crippen LogP) is 4.17. The van der Waals surface area contributed by atoms with E-state index in [4.69, 9.17) is 11.6 Å². The van der Waals surface area contributed by atoms with Crippen LogP contribution in [-0.4, -0.2) is 20.7 Å². The zero-order valence-corrected chi connectivity index (χ0v) is 15.7. The van der Waals surface area contributed by atoms with Crippen molar-refractivity contribution in [1.82, 2.24) is 14.8 Å². The monoisotopic (exact) mass is 379 g/mol. The average molecular weight is 380 g/mol. The molecule has 1 amide bonds. The largest absolute Gasteiger partial charge is 0.328 e. The highest BCUT2D eigenvalue weighted by Gasteiger charge is 2.33. The molecule has 7 heteroatoms. The normalized spacial score (nSPS) is 15.9. The molecule has 1 atom stereocenters. The van der Waals surface area contributed by atoms with Crippen LogP contribution in [0.25, 0.3) is 0 Å². The van der Waals surface area contributed by atoms with E-state index >= 15 is 0 Å². The number of aromatic nitrogens is 3. The summed E-state index contributed by atoms with van der Waals surface area (Å²) in [6.45, 7) is 3.85. The number of benzene rings is 2. The standard InChI is InChI=1S/C20H18ClN5O/c1-12-5-3-8-16(9-12)25-19(27)17-13(2)24-20-22-11-23-26(20)18(17)14-6-4-7-15(21)10-14/h3-11,18H,1-2H3,(H,25,27)(H,22,23,24). The molecule has 0 saturated heterocycles. The van der Waals surface area contributed by atoms with Crippen LogP contribution in [0.2, 0.25) is 5.02 Å². The summed E-state index contributed by atoms with van der Waals surface area (Å²) in [7, 11) is 0. The van der Waals surface area contributed by atoms with Crippen LogP contribution in [0.5, 0.6) is 0 Å². The van der Waals surface area contributed by atoms with E-state index in [2.05, 4.69) is 20.7 Å². The molecule has 0 bridgehead atoms. The minimum atomic E-state index is -0.424. The highest BCUT2D eigenvalue weighted by Crippen LogP contribution is 2.35. The van der Waals surface area contributed by atoms with E-state index < -0.39 is 6.04 Å². The van der Waals surface area contributed by atoms with Gasteiger partial charge in [0.05, 0.1) is 5.57 Å². The summed E-state index contributed by atoms with van der Waals surface area (Å²) < 4.78 is 1.70. The van der Waals surface area contributed by atoms with Crippen molar-refractivity contribution in [3.8, 4) is 0 Å². The maximum atomic E-state index is 13.2. The highest BCUT2D eigenvalue weighted by molar-refractivity contribution is 6.30. The summed E-state index contributed by atoms with van der Waals surface area (Å²) in [6.07, 6.45) is 1.47. The van der Waals surface area contributed by atoms with Crippen molar-refractivity contribution < 1.29 is 4.79 Å². The third-order valence-electron chi connectivity index (χ3n) is 4.48. The molecule has 2 heterocycles. The molecule has 136 valence electrons. The number of carbonyl (C=O) groups excluding carboxylic acids is 1. The molecule has 1 aromatic heterocycles. The third kappa shape index (κ3) is 3.31. The number of amides is 1. The van der Waals surface area contributed by atoms with Crippen molar-refractivity contribution in [2.24, 2.45) is 0 Å². The van der Waals surface area contributed by atoms with E-state index in [0.29, 0.717) is 16.5 Å². The first-order chi connectivity index (χ1) is 13.0. The van der Waals surface area contributed by atoms with Crippen LogP contribution < -0.4 is 10.6 Å². The molecule has 0 aliphatic carbocycles. The van der Waals surface area contributed by atoms with Gasteiger partial charge in [0, 0.05) is 16.4 Å². The first-order valence-corrected chi connectivity index (χ1v) is 8.91. The fourth-order valence-electron chi connectivity index (χ4n) is 3.29. The Labute approximate surface area is 161 Å². The summed E-state index contributed by atoms with van der Waals surface area (Å²) in [6, 6.07) is 14.7. The van der Waals surface area contributed by atoms with Crippen molar-refractivity contribution in [3.05, 3.63) is 82.3 Å². The minimum absolute atomic E-state index is 0.197. The number of carbonyl (C=O) groups is 1. The Kier molecular flexibility index (Phi) is 4.41. The lowest BCUT2D eigenvalue weighted by Gasteiger charge is -2.28. The molecule has 6 nitrogen and oxygen atoms in total. The van der Waals surface area contributed by atoms with Gasteiger partial charge in [0.15, 0.2) is 0 Å². The number of hydrogen-bond acceptors (Lipinski definition) is 4. The van der Waals surface area contributed by atoms with Gasteiger partial charge in [0.1, 0.15) is 12.4 Å². The Bertz CT molecular complexity index is 1060. The second kappa shape index (κ2) is 6.89. The van der Waals surface area contributed by atoms with Crippen LogP contribution in [0, 0.1) is 6.92 Å². The van der Waals surface area contributed by atoms with Crippen LogP contribution in [-0.2, 0) is 4.79 Å². The Morgan fingerprint density at radius 2 is 2.00 bits per heavy atom. The summed E-state index contributed by atoms with van der Waals surface area (Å²) in [4.78, 5) is 17.4. The summed E-state index contributed by atoms with van der Waals surface area (Å²) >= 11 is 6.20. The van der Waals surface area contributed by atoms with Gasteiger partial charge in [-0.1, -0.05) is 35.9 Å². The zero-order chi connectivity index (χ0) is 19.0. The first-order valence-electron chi connectivity index (χ1n) is 8.54. The Morgan fingerprint density at radius 3 is 2.78 bits per heavy atom. The van der Waals surface area contributed by atoms with E-state index in [1.165, 1.54) is 6.33 Å². The van der Waals surface area contributed by atoms with Gasteiger partial charge in [-0.05, 0) is 49.2 Å². The number of allylic oxidation sites excluding steroid dienone is 1. The molecule has 1 aliphatic heterocycles. The van der Waals surface area contributed by atoms with Gasteiger partial charge in [0.25, 0.3) is 5.91 Å². The number of anilines is 2. The molecule has 0 radical (unpaired) electrons. The number of nitrogens with one attached hydrogen (secondary N) is 2. The zero-order valence-electron chi connectivity index (χ0n) is 14.9. The second-order valence-corrected chi connectivity index (χ2v) is 6.91. The van der Waals surface area contributed by atoms with Crippen molar-refractivity contribution >= 4 is 29.1 Å². The number of nitrogens with zero attached hydrogens (tertiary/aromatic N) is 3. The van der Waals surface area contributed by atoms with Crippen LogP contribution >= 0.6 is 11.6 Å². The summed E-state index contributed by atoms with van der Waals surface area (Å²) in [5, 5.41) is 11.1. The summed E-state index contributed by atoms with van der Waals surface area (Å²) in [5.74, 6) is 0.390. The number of hydrogen-bond donors (Lipinski definition) is 2. The quantitative estimate of drug-likeness (QED) is 0.716. The van der Waals surface area contributed by atoms with Crippen LogP contribution in [0.15, 0.2) is 66.1 Å². The number of aryl methyl sites for hydroxylation is 1. The lowest BCUT2D eigenvalue weighted by atomic mass is 9.95. The molecular formula is C20H18ClN5O. The fraction of sp³-hybridized carbons (Fsp3) is 0.150. The smallest absolute Gasteiger partial charge is 0.255 e. The van der Waals surface area contributed by atoms with E-state index in [9.17, 15) is 4.79 Å². The third-order valence-corrected chi connectivity index (χ3v) is 4.71. The number of fused-ring (bicyclic) bond motifs is 1. The van der Waals surface area contributed by atoms with Crippen molar-refractivity contribution in [2.45, 2.75) is 19.9 Å². The molecule has 1 aliphatic rings. The molecule has 2 N–H and O–H groups in total. The fourth-order valence-corrected chi connectivity index (χ4v) is 3.49. The van der Waals surface area contributed by atoms with E-state index in [0.717, 1.165) is 22.5 Å². The number of halogens is 1. The highest BCUT2D eigenvalue weighted by atomic mass is 35.5. The lowest BCUT2D eigenvalue weighted by Crippen LogP contribution is -2.31. The molecule has 0 fully saturated rings. The van der Waals surface area contributed by atoms with Crippen LogP contribution in [0.4, 0.5) is 11.6 Å². The Morgan fingerprint density at radius 1 is 1.19 bits per heavy atom. The van der Waals surface area contributed by atoms with Crippen molar-refractivity contribution in [3.63, 3.8) is 0 Å². The Balaban J connectivity index is 1.77. The SMILES string of the molecule is CC1=C(C(=O)Nc2cccc(C)c2)C(c2cccc(Cl)c2)n2ncnc2N1. The van der Waals surface area contributed by atoms with Crippen LogP contribution in [0.1, 0.15) is 24.1 Å². The summed E-state index contributed by atoms with van der Waals surface area (Å²) in [5.41, 5.74) is 3.98. The molecule has 1 unspecified atom stereocenters. The van der Waals surface area contributed by atoms with Gasteiger partial charge in [-0.2, -0.15) is 10.1 Å². The molecular weight excluding hydrogens is 362 g/mol. The van der Waals surface area contributed by atoms with Gasteiger partial charge >= 0.3 is 0 Å². The predicted molar refractivity (Wildman–Crippen MR) is 106 cm³/mol. The van der Waals surface area contributed by atoms with Gasteiger partial charge in [-0.3, -0.25) is 4.79 Å². The average Bonchev–Trinajstić information content (AvgIpc) is 3.08. The second-order valence-electron chi connectivity index (χ2n) is 6.47. The molecule has 27 heavy (non-hydrogen) atoms. The molecule has 2 aromatic carbocycles. The van der Waals surface area contributed by atoms with Crippen molar-refractivity contribution in [1.29, 1.82) is 0 Å².